The van der Waals surface area contributed by atoms with Gasteiger partial charge in [-0.1, -0.05) is 6.92 Å². The molecular formula is C8H18N2. The average Bonchev–Trinajstić information content (AvgIpc) is 1.80. The normalized spacial score (nSPS) is 24.9. The summed E-state index contributed by atoms with van der Waals surface area (Å²) in [6.07, 6.45) is 0. The molecule has 0 aromatic carbocycles. The van der Waals surface area contributed by atoms with Gasteiger partial charge < -0.3 is 4.90 Å². The van der Waals surface area contributed by atoms with E-state index in [2.05, 4.69) is 37.7 Å². The number of nitrogens with zero attached hydrogens (tertiary/aromatic N) is 2. The molecule has 2 nitrogen and oxygen atoms in total. The highest BCUT2D eigenvalue weighted by Gasteiger charge is 2.39. The van der Waals surface area contributed by atoms with Gasteiger partial charge in [-0.25, -0.2) is 0 Å². The van der Waals surface area contributed by atoms with E-state index in [1.54, 1.807) is 0 Å². The molecule has 2 heteroatoms. The zero-order valence-electron chi connectivity index (χ0n) is 7.52. The average molecular weight is 142 g/mol. The highest BCUT2D eigenvalue weighted by molar-refractivity contribution is 4.98. The Morgan fingerprint density at radius 3 is 2.20 bits per heavy atom. The van der Waals surface area contributed by atoms with E-state index in [0.717, 1.165) is 0 Å². The molecule has 1 heterocycles. The molecule has 0 unspecified atom stereocenters. The molecule has 1 aliphatic heterocycles. The highest BCUT2D eigenvalue weighted by Crippen LogP contribution is 2.23. The van der Waals surface area contributed by atoms with Gasteiger partial charge in [-0.15, -0.1) is 0 Å². The van der Waals surface area contributed by atoms with E-state index in [4.69, 9.17) is 0 Å². The fraction of sp³-hybridized carbons (Fsp3) is 1.00. The van der Waals surface area contributed by atoms with Crippen molar-refractivity contribution in [3.8, 4) is 0 Å². The molecule has 0 atom stereocenters. The van der Waals surface area contributed by atoms with Crippen LogP contribution in [0.25, 0.3) is 0 Å². The van der Waals surface area contributed by atoms with Crippen molar-refractivity contribution in [3.05, 3.63) is 0 Å². The predicted molar refractivity (Wildman–Crippen MR) is 44.2 cm³/mol. The maximum Gasteiger partial charge on any atom is 0.0429 e. The van der Waals surface area contributed by atoms with Gasteiger partial charge in [0.2, 0.25) is 0 Å². The molecule has 0 bridgehead atoms. The van der Waals surface area contributed by atoms with Crippen molar-refractivity contribution < 1.29 is 0 Å². The van der Waals surface area contributed by atoms with Crippen molar-refractivity contribution in [2.75, 3.05) is 33.7 Å². The Morgan fingerprint density at radius 1 is 1.40 bits per heavy atom. The number of rotatable bonds is 2. The summed E-state index contributed by atoms with van der Waals surface area (Å²) in [5.74, 6) is 0. The van der Waals surface area contributed by atoms with Crippen LogP contribution in [0.1, 0.15) is 13.8 Å². The van der Waals surface area contributed by atoms with Crippen LogP contribution in [0.4, 0.5) is 0 Å². The van der Waals surface area contributed by atoms with Crippen LogP contribution in [0.2, 0.25) is 0 Å². The Labute approximate surface area is 63.8 Å². The van der Waals surface area contributed by atoms with Crippen LogP contribution in [0.3, 0.4) is 0 Å². The molecule has 0 amide bonds. The molecule has 0 saturated carbocycles. The first-order valence-electron chi connectivity index (χ1n) is 3.98. The van der Waals surface area contributed by atoms with Crippen LogP contribution in [0, 0.1) is 0 Å². The monoisotopic (exact) mass is 142 g/mol. The van der Waals surface area contributed by atoms with Crippen molar-refractivity contribution in [1.29, 1.82) is 0 Å². The summed E-state index contributed by atoms with van der Waals surface area (Å²) in [5, 5.41) is 0. The Bertz CT molecular complexity index is 114. The number of likely N-dealkylation sites (N-methyl/N-ethyl adjacent to an activating group) is 2. The van der Waals surface area contributed by atoms with Gasteiger partial charge in [0.15, 0.2) is 0 Å². The molecule has 60 valence electrons. The summed E-state index contributed by atoms with van der Waals surface area (Å²) in [5.41, 5.74) is 0.454. The van der Waals surface area contributed by atoms with Gasteiger partial charge in [0.1, 0.15) is 0 Å². The molecule has 0 radical (unpaired) electrons. The van der Waals surface area contributed by atoms with E-state index in [9.17, 15) is 0 Å². The third-order valence-corrected chi connectivity index (χ3v) is 2.66. The lowest BCUT2D eigenvalue weighted by Crippen LogP contribution is -2.66. The Balaban J connectivity index is 2.34. The third-order valence-electron chi connectivity index (χ3n) is 2.66. The minimum Gasteiger partial charge on any atom is -0.301 e. The van der Waals surface area contributed by atoms with Crippen LogP contribution >= 0.6 is 0 Å². The van der Waals surface area contributed by atoms with Crippen LogP contribution in [-0.4, -0.2) is 49.1 Å². The van der Waals surface area contributed by atoms with E-state index >= 15 is 0 Å². The van der Waals surface area contributed by atoms with E-state index in [1.807, 2.05) is 0 Å². The summed E-state index contributed by atoms with van der Waals surface area (Å²) >= 11 is 0. The van der Waals surface area contributed by atoms with Gasteiger partial charge in [-0.2, -0.15) is 0 Å². The fourth-order valence-corrected chi connectivity index (χ4v) is 1.42. The second-order valence-corrected chi connectivity index (χ2v) is 3.69. The molecule has 1 aliphatic rings. The second kappa shape index (κ2) is 2.51. The van der Waals surface area contributed by atoms with Gasteiger partial charge in [0, 0.05) is 18.6 Å². The lowest BCUT2D eigenvalue weighted by molar-refractivity contribution is -0.0121. The lowest BCUT2D eigenvalue weighted by Gasteiger charge is -2.51. The van der Waals surface area contributed by atoms with E-state index < -0.39 is 0 Å². The molecule has 0 spiro atoms. The van der Waals surface area contributed by atoms with Gasteiger partial charge in [-0.05, 0) is 27.6 Å². The molecule has 10 heavy (non-hydrogen) atoms. The first-order valence-corrected chi connectivity index (χ1v) is 3.98. The van der Waals surface area contributed by atoms with Gasteiger partial charge in [0.25, 0.3) is 0 Å². The van der Waals surface area contributed by atoms with Crippen LogP contribution in [-0.2, 0) is 0 Å². The van der Waals surface area contributed by atoms with Gasteiger partial charge in [0.05, 0.1) is 0 Å². The zero-order chi connectivity index (χ0) is 7.78. The van der Waals surface area contributed by atoms with E-state index in [-0.39, 0.29) is 0 Å². The minimum atomic E-state index is 0.454. The summed E-state index contributed by atoms with van der Waals surface area (Å²) in [6, 6.07) is 0. The largest absolute Gasteiger partial charge is 0.301 e. The van der Waals surface area contributed by atoms with Crippen LogP contribution in [0.15, 0.2) is 0 Å². The third kappa shape index (κ3) is 1.18. The standard InChI is InChI=1S/C8H18N2/c1-5-10-6-8(2,7-10)9(3)4/h5-7H2,1-4H3. The molecule has 1 rings (SSSR count). The van der Waals surface area contributed by atoms with Crippen molar-refractivity contribution in [2.24, 2.45) is 0 Å². The molecular weight excluding hydrogens is 124 g/mol. The molecule has 0 aromatic heterocycles. The SMILES string of the molecule is CCN1CC(C)(N(C)C)C1. The van der Waals surface area contributed by atoms with Crippen molar-refractivity contribution in [3.63, 3.8) is 0 Å². The quantitative estimate of drug-likeness (QED) is 0.558. The summed E-state index contributed by atoms with van der Waals surface area (Å²) in [6.45, 7) is 8.20. The summed E-state index contributed by atoms with van der Waals surface area (Å²) in [7, 11) is 4.32. The topological polar surface area (TPSA) is 6.48 Å². The Morgan fingerprint density at radius 2 is 1.90 bits per heavy atom. The smallest absolute Gasteiger partial charge is 0.0429 e. The first kappa shape index (κ1) is 8.02. The Hall–Kier alpha value is -0.0800. The van der Waals surface area contributed by atoms with Gasteiger partial charge in [-0.3, -0.25) is 4.90 Å². The maximum atomic E-state index is 2.46. The molecule has 1 saturated heterocycles. The summed E-state index contributed by atoms with van der Waals surface area (Å²) in [4.78, 5) is 4.78. The molecule has 0 aliphatic carbocycles. The summed E-state index contributed by atoms with van der Waals surface area (Å²) < 4.78 is 0. The van der Waals surface area contributed by atoms with Crippen molar-refractivity contribution >= 4 is 0 Å². The fourth-order valence-electron chi connectivity index (χ4n) is 1.42. The van der Waals surface area contributed by atoms with Crippen LogP contribution in [0.5, 0.6) is 0 Å². The Kier molecular flexibility index (Phi) is 2.02. The first-order chi connectivity index (χ1) is 4.58. The van der Waals surface area contributed by atoms with Gasteiger partial charge >= 0.3 is 0 Å². The predicted octanol–water partition coefficient (Wildman–Crippen LogP) is 0.642. The maximum absolute atomic E-state index is 2.46. The lowest BCUT2D eigenvalue weighted by atomic mass is 9.91. The zero-order valence-corrected chi connectivity index (χ0v) is 7.52. The van der Waals surface area contributed by atoms with Crippen molar-refractivity contribution in [1.82, 2.24) is 9.80 Å². The number of hydrogen-bond donors (Lipinski definition) is 0. The highest BCUT2D eigenvalue weighted by atomic mass is 15.3. The molecule has 0 N–H and O–H groups in total. The van der Waals surface area contributed by atoms with Crippen LogP contribution < -0.4 is 0 Å². The van der Waals surface area contributed by atoms with E-state index in [0.29, 0.717) is 5.54 Å². The minimum absolute atomic E-state index is 0.454. The van der Waals surface area contributed by atoms with E-state index in [1.165, 1.54) is 19.6 Å². The molecule has 1 fully saturated rings. The number of likely N-dealkylation sites (tertiary alicyclic amines) is 1. The molecule has 0 aromatic rings. The number of hydrogen-bond acceptors (Lipinski definition) is 2. The second-order valence-electron chi connectivity index (χ2n) is 3.69. The van der Waals surface area contributed by atoms with Crippen molar-refractivity contribution in [2.45, 2.75) is 19.4 Å².